The lowest BCUT2D eigenvalue weighted by Gasteiger charge is -2.24. The quantitative estimate of drug-likeness (QED) is 0.254. The lowest BCUT2D eigenvalue weighted by Crippen LogP contribution is -2.05. The van der Waals surface area contributed by atoms with Crippen LogP contribution in [-0.2, 0) is 12.8 Å². The summed E-state index contributed by atoms with van der Waals surface area (Å²) < 4.78 is 0. The van der Waals surface area contributed by atoms with Crippen molar-refractivity contribution in [3.8, 4) is 22.3 Å². The Morgan fingerprint density at radius 1 is 0.464 bits per heavy atom. The average Bonchev–Trinajstić information content (AvgIpc) is 3.13. The number of hydrogen-bond donors (Lipinski definition) is 0. The Bertz CT molecular complexity index is 1450. The van der Waals surface area contributed by atoms with Crippen molar-refractivity contribution < 1.29 is 0 Å². The summed E-state index contributed by atoms with van der Waals surface area (Å²) >= 11 is 0. The minimum absolute atomic E-state index is 1.04. The largest absolute Gasteiger partial charge is 0.0619 e. The lowest BCUT2D eigenvalue weighted by atomic mass is 9.79. The molecule has 0 fully saturated rings. The highest BCUT2D eigenvalue weighted by molar-refractivity contribution is 6.16. The van der Waals surface area contributed by atoms with Gasteiger partial charge in [0.2, 0.25) is 0 Å². The Kier molecular flexibility index (Phi) is 2.67. The van der Waals surface area contributed by atoms with Gasteiger partial charge in [-0.15, -0.1) is 0 Å². The Morgan fingerprint density at radius 3 is 2.07 bits per heavy atom. The number of hydrogen-bond acceptors (Lipinski definition) is 0. The minimum atomic E-state index is 1.04. The zero-order valence-corrected chi connectivity index (χ0v) is 15.5. The van der Waals surface area contributed by atoms with Crippen LogP contribution < -0.4 is 0 Å². The molecule has 5 aromatic carbocycles. The molecule has 0 nitrogen and oxygen atoms in total. The zero-order valence-electron chi connectivity index (χ0n) is 15.5. The van der Waals surface area contributed by atoms with E-state index in [2.05, 4.69) is 84.9 Å². The van der Waals surface area contributed by atoms with Gasteiger partial charge in [-0.2, -0.15) is 0 Å². The smallest absolute Gasteiger partial charge is 0.00102 e. The third kappa shape index (κ3) is 1.75. The number of benzene rings is 5. The van der Waals surface area contributed by atoms with Crippen LogP contribution in [0.4, 0.5) is 0 Å². The average molecular weight is 354 g/mol. The molecule has 0 unspecified atom stereocenters. The van der Waals surface area contributed by atoms with Gasteiger partial charge in [0.1, 0.15) is 0 Å². The fraction of sp³-hybridized carbons (Fsp3) is 0.0714. The fourth-order valence-corrected chi connectivity index (χ4v) is 5.52. The van der Waals surface area contributed by atoms with Gasteiger partial charge in [-0.25, -0.2) is 0 Å². The van der Waals surface area contributed by atoms with E-state index in [-0.39, 0.29) is 0 Å². The van der Waals surface area contributed by atoms with Crippen LogP contribution in [0.5, 0.6) is 0 Å². The second kappa shape index (κ2) is 5.11. The maximum atomic E-state index is 2.41. The normalized spacial score (nSPS) is 13.4. The van der Waals surface area contributed by atoms with Crippen LogP contribution in [0.25, 0.3) is 43.8 Å². The summed E-state index contributed by atoms with van der Waals surface area (Å²) in [4.78, 5) is 0. The molecule has 5 aromatic rings. The lowest BCUT2D eigenvalue weighted by molar-refractivity contribution is 1.12. The summed E-state index contributed by atoms with van der Waals surface area (Å²) in [5.41, 5.74) is 11.7. The van der Waals surface area contributed by atoms with E-state index >= 15 is 0 Å². The third-order valence-electron chi connectivity index (χ3n) is 6.73. The van der Waals surface area contributed by atoms with E-state index in [4.69, 9.17) is 0 Å². The molecule has 130 valence electrons. The first-order chi connectivity index (χ1) is 13.9. The van der Waals surface area contributed by atoms with Crippen LogP contribution in [0.1, 0.15) is 22.3 Å². The van der Waals surface area contributed by atoms with Crippen LogP contribution in [0, 0.1) is 0 Å². The molecule has 28 heavy (non-hydrogen) atoms. The highest BCUT2D eigenvalue weighted by Crippen LogP contribution is 2.48. The van der Waals surface area contributed by atoms with E-state index in [0.29, 0.717) is 0 Å². The molecule has 7 rings (SSSR count). The van der Waals surface area contributed by atoms with Crippen LogP contribution in [0.2, 0.25) is 0 Å². The van der Waals surface area contributed by atoms with Crippen molar-refractivity contribution in [1.29, 1.82) is 0 Å². The molecule has 2 aliphatic rings. The van der Waals surface area contributed by atoms with Crippen LogP contribution in [0.15, 0.2) is 84.9 Å². The third-order valence-corrected chi connectivity index (χ3v) is 6.73. The molecule has 0 radical (unpaired) electrons. The molecule has 0 heterocycles. The van der Waals surface area contributed by atoms with Crippen molar-refractivity contribution in [1.82, 2.24) is 0 Å². The Hall–Kier alpha value is -3.38. The summed E-state index contributed by atoms with van der Waals surface area (Å²) in [6.07, 6.45) is 2.10. The molecule has 0 spiro atoms. The predicted molar refractivity (Wildman–Crippen MR) is 118 cm³/mol. The highest BCUT2D eigenvalue weighted by atomic mass is 14.3. The van der Waals surface area contributed by atoms with Gasteiger partial charge in [0.05, 0.1) is 0 Å². The molecular formula is C28H18. The number of fused-ring (bicyclic) bond motifs is 8. The summed E-state index contributed by atoms with van der Waals surface area (Å²) in [6.45, 7) is 0. The molecule has 0 N–H and O–H groups in total. The molecule has 0 heteroatoms. The van der Waals surface area contributed by atoms with Crippen molar-refractivity contribution in [3.05, 3.63) is 107 Å². The van der Waals surface area contributed by atoms with Gasteiger partial charge < -0.3 is 0 Å². The Balaban J connectivity index is 1.60. The topological polar surface area (TPSA) is 0 Å². The van der Waals surface area contributed by atoms with Crippen LogP contribution >= 0.6 is 0 Å². The molecular weight excluding hydrogens is 336 g/mol. The van der Waals surface area contributed by atoms with Gasteiger partial charge in [-0.3, -0.25) is 0 Å². The summed E-state index contributed by atoms with van der Waals surface area (Å²) in [5, 5.41) is 5.53. The predicted octanol–water partition coefficient (Wildman–Crippen LogP) is 7.14. The standard InChI is InChI=1S/C28H18/c1-3-9-20-17(6-1)14-25-22(20)12-13-23-26(25)16-19-8-5-11-24-21-10-4-2-7-18(21)15-27(23)28(19)24/h1-13,15H,14,16H2. The molecule has 0 aromatic heterocycles. The van der Waals surface area contributed by atoms with Crippen molar-refractivity contribution in [2.24, 2.45) is 0 Å². The first-order valence-corrected chi connectivity index (χ1v) is 10.1. The Labute approximate surface area is 164 Å². The molecule has 0 aliphatic heterocycles. The van der Waals surface area contributed by atoms with E-state index in [0.717, 1.165) is 12.8 Å². The van der Waals surface area contributed by atoms with Crippen LogP contribution in [-0.4, -0.2) is 0 Å². The number of rotatable bonds is 0. The van der Waals surface area contributed by atoms with Gasteiger partial charge in [0.15, 0.2) is 0 Å². The SMILES string of the molecule is c1ccc2c(c1)Cc1c-2ccc2c1Cc1cccc3c1c-2cc1ccccc13. The fourth-order valence-electron chi connectivity index (χ4n) is 5.52. The summed E-state index contributed by atoms with van der Waals surface area (Å²) in [7, 11) is 0. The molecule has 0 amide bonds. The van der Waals surface area contributed by atoms with E-state index in [9.17, 15) is 0 Å². The van der Waals surface area contributed by atoms with Crippen molar-refractivity contribution in [2.45, 2.75) is 12.8 Å². The zero-order chi connectivity index (χ0) is 18.2. The van der Waals surface area contributed by atoms with Gasteiger partial charge in [0.25, 0.3) is 0 Å². The van der Waals surface area contributed by atoms with E-state index in [1.807, 2.05) is 0 Å². The van der Waals surface area contributed by atoms with E-state index < -0.39 is 0 Å². The van der Waals surface area contributed by atoms with Crippen molar-refractivity contribution >= 4 is 21.5 Å². The van der Waals surface area contributed by atoms with E-state index in [1.165, 1.54) is 66.1 Å². The monoisotopic (exact) mass is 354 g/mol. The van der Waals surface area contributed by atoms with Gasteiger partial charge in [-0.05, 0) is 85.0 Å². The van der Waals surface area contributed by atoms with E-state index in [1.54, 1.807) is 0 Å². The van der Waals surface area contributed by atoms with Crippen molar-refractivity contribution in [3.63, 3.8) is 0 Å². The first-order valence-electron chi connectivity index (χ1n) is 10.1. The van der Waals surface area contributed by atoms with Crippen molar-refractivity contribution in [2.75, 3.05) is 0 Å². The van der Waals surface area contributed by atoms with Crippen LogP contribution in [0.3, 0.4) is 0 Å². The molecule has 2 aliphatic carbocycles. The summed E-state index contributed by atoms with van der Waals surface area (Å²) in [5.74, 6) is 0. The minimum Gasteiger partial charge on any atom is -0.0619 e. The highest BCUT2D eigenvalue weighted by Gasteiger charge is 2.27. The maximum Gasteiger partial charge on any atom is -0.00102 e. The molecule has 0 atom stereocenters. The maximum absolute atomic E-state index is 2.41. The van der Waals surface area contributed by atoms with Gasteiger partial charge in [-0.1, -0.05) is 78.9 Å². The van der Waals surface area contributed by atoms with Gasteiger partial charge in [0, 0.05) is 0 Å². The molecule has 0 saturated heterocycles. The second-order valence-electron chi connectivity index (χ2n) is 8.11. The first kappa shape index (κ1) is 14.6. The second-order valence-corrected chi connectivity index (χ2v) is 8.11. The Morgan fingerprint density at radius 2 is 1.14 bits per heavy atom. The molecule has 0 bridgehead atoms. The summed E-state index contributed by atoms with van der Waals surface area (Å²) in [6, 6.07) is 31.7. The van der Waals surface area contributed by atoms with Gasteiger partial charge >= 0.3 is 0 Å². The molecule has 0 saturated carbocycles.